The largest absolute Gasteiger partial charge is 0.481 e. The number of carbonyl (C=O) groups is 2. The van der Waals surface area contributed by atoms with Crippen LogP contribution in [0.25, 0.3) is 5.57 Å². The molecule has 16 heavy (non-hydrogen) atoms. The van der Waals surface area contributed by atoms with Gasteiger partial charge in [-0.1, -0.05) is 29.8 Å². The summed E-state index contributed by atoms with van der Waals surface area (Å²) in [5.74, 6) is -2.19. The van der Waals surface area contributed by atoms with Gasteiger partial charge in [-0.25, -0.2) is 4.79 Å². The third-order valence-corrected chi connectivity index (χ3v) is 2.06. The zero-order chi connectivity index (χ0) is 12.1. The van der Waals surface area contributed by atoms with Crippen LogP contribution in [0, 0.1) is 6.92 Å². The van der Waals surface area contributed by atoms with Crippen LogP contribution in [0.4, 0.5) is 0 Å². The molecule has 84 valence electrons. The Kier molecular flexibility index (Phi) is 3.83. The van der Waals surface area contributed by atoms with E-state index in [0.29, 0.717) is 11.1 Å². The van der Waals surface area contributed by atoms with Crippen LogP contribution in [0.15, 0.2) is 30.3 Å². The van der Waals surface area contributed by atoms with Gasteiger partial charge in [0.05, 0.1) is 6.42 Å². The highest BCUT2D eigenvalue weighted by Gasteiger charge is 2.08. The summed E-state index contributed by atoms with van der Waals surface area (Å²) in [5.41, 5.74) is 1.95. The zero-order valence-corrected chi connectivity index (χ0v) is 8.80. The number of aryl methyl sites for hydroxylation is 1. The van der Waals surface area contributed by atoms with Crippen LogP contribution < -0.4 is 0 Å². The molecule has 4 heteroatoms. The standard InChI is InChI=1S/C12H12O4/c1-8-2-4-9(5-3-8)10(6-11(13)14)7-12(15)16/h2-6H,7H2,1H3,(H,13,14)(H,15,16)/b10-6-. The molecule has 0 radical (unpaired) electrons. The van der Waals surface area contributed by atoms with Crippen LogP contribution in [0.5, 0.6) is 0 Å². The molecular weight excluding hydrogens is 208 g/mol. The Morgan fingerprint density at radius 2 is 1.75 bits per heavy atom. The number of aliphatic carboxylic acids is 2. The molecule has 0 aromatic heterocycles. The van der Waals surface area contributed by atoms with E-state index in [4.69, 9.17) is 10.2 Å². The molecule has 1 rings (SSSR count). The zero-order valence-electron chi connectivity index (χ0n) is 8.80. The molecule has 0 heterocycles. The summed E-state index contributed by atoms with van der Waals surface area (Å²) >= 11 is 0. The number of carboxylic acid groups (broad SMARTS) is 2. The molecule has 0 saturated heterocycles. The summed E-state index contributed by atoms with van der Waals surface area (Å²) < 4.78 is 0. The van der Waals surface area contributed by atoms with Gasteiger partial charge < -0.3 is 10.2 Å². The molecule has 0 atom stereocenters. The second kappa shape index (κ2) is 5.11. The van der Waals surface area contributed by atoms with Crippen molar-refractivity contribution in [3.63, 3.8) is 0 Å². The average Bonchev–Trinajstić information content (AvgIpc) is 2.16. The molecule has 1 aromatic rings. The minimum atomic E-state index is -1.14. The van der Waals surface area contributed by atoms with E-state index in [0.717, 1.165) is 11.6 Å². The van der Waals surface area contributed by atoms with Crippen molar-refractivity contribution in [3.05, 3.63) is 41.5 Å². The van der Waals surface area contributed by atoms with Gasteiger partial charge in [-0.3, -0.25) is 4.79 Å². The van der Waals surface area contributed by atoms with Crippen molar-refractivity contribution in [1.82, 2.24) is 0 Å². The lowest BCUT2D eigenvalue weighted by Gasteiger charge is -2.04. The Balaban J connectivity index is 3.06. The van der Waals surface area contributed by atoms with Crippen molar-refractivity contribution in [3.8, 4) is 0 Å². The smallest absolute Gasteiger partial charge is 0.328 e. The molecule has 0 amide bonds. The Labute approximate surface area is 92.8 Å². The molecule has 0 bridgehead atoms. The van der Waals surface area contributed by atoms with Gasteiger partial charge >= 0.3 is 11.9 Å². The van der Waals surface area contributed by atoms with Crippen molar-refractivity contribution < 1.29 is 19.8 Å². The summed E-state index contributed by atoms with van der Waals surface area (Å²) in [6, 6.07) is 7.06. The van der Waals surface area contributed by atoms with Gasteiger partial charge in [-0.05, 0) is 18.1 Å². The molecule has 2 N–H and O–H groups in total. The Morgan fingerprint density at radius 3 is 2.19 bits per heavy atom. The summed E-state index contributed by atoms with van der Waals surface area (Å²) in [7, 11) is 0. The highest BCUT2D eigenvalue weighted by Crippen LogP contribution is 2.18. The quantitative estimate of drug-likeness (QED) is 0.760. The van der Waals surface area contributed by atoms with E-state index >= 15 is 0 Å². The first-order valence-electron chi connectivity index (χ1n) is 4.71. The van der Waals surface area contributed by atoms with Gasteiger partial charge in [0.1, 0.15) is 0 Å². The third-order valence-electron chi connectivity index (χ3n) is 2.06. The van der Waals surface area contributed by atoms with E-state index < -0.39 is 11.9 Å². The second-order valence-electron chi connectivity index (χ2n) is 3.44. The fraction of sp³-hybridized carbons (Fsp3) is 0.167. The lowest BCUT2D eigenvalue weighted by Crippen LogP contribution is -2.00. The Bertz CT molecular complexity index is 429. The Morgan fingerprint density at radius 1 is 1.19 bits per heavy atom. The fourth-order valence-electron chi connectivity index (χ4n) is 1.32. The van der Waals surface area contributed by atoms with Crippen LogP contribution in [-0.2, 0) is 9.59 Å². The molecule has 0 unspecified atom stereocenters. The van der Waals surface area contributed by atoms with Crippen molar-refractivity contribution in [2.24, 2.45) is 0 Å². The third kappa shape index (κ3) is 3.57. The minimum Gasteiger partial charge on any atom is -0.481 e. The van der Waals surface area contributed by atoms with Crippen LogP contribution in [0.1, 0.15) is 17.5 Å². The van der Waals surface area contributed by atoms with Crippen molar-refractivity contribution in [2.75, 3.05) is 0 Å². The monoisotopic (exact) mass is 220 g/mol. The second-order valence-corrected chi connectivity index (χ2v) is 3.44. The number of benzene rings is 1. The highest BCUT2D eigenvalue weighted by atomic mass is 16.4. The molecule has 0 aliphatic carbocycles. The van der Waals surface area contributed by atoms with E-state index in [1.54, 1.807) is 12.1 Å². The van der Waals surface area contributed by atoms with E-state index in [9.17, 15) is 9.59 Å². The van der Waals surface area contributed by atoms with Gasteiger partial charge in [-0.2, -0.15) is 0 Å². The molecule has 0 saturated carbocycles. The van der Waals surface area contributed by atoms with Gasteiger partial charge in [0.2, 0.25) is 0 Å². The SMILES string of the molecule is Cc1ccc(/C(=C\C(=O)O)CC(=O)O)cc1. The van der Waals surface area contributed by atoms with Gasteiger partial charge in [-0.15, -0.1) is 0 Å². The summed E-state index contributed by atoms with van der Waals surface area (Å²) in [5, 5.41) is 17.3. The number of hydrogen-bond donors (Lipinski definition) is 2. The fourth-order valence-corrected chi connectivity index (χ4v) is 1.32. The molecule has 0 spiro atoms. The number of carboxylic acids is 2. The van der Waals surface area contributed by atoms with Crippen LogP contribution >= 0.6 is 0 Å². The maximum atomic E-state index is 10.6. The molecule has 0 aliphatic heterocycles. The van der Waals surface area contributed by atoms with Crippen LogP contribution in [-0.4, -0.2) is 22.2 Å². The van der Waals surface area contributed by atoms with Crippen LogP contribution in [0.3, 0.4) is 0 Å². The first kappa shape index (κ1) is 12.0. The maximum Gasteiger partial charge on any atom is 0.328 e. The van der Waals surface area contributed by atoms with E-state index in [-0.39, 0.29) is 6.42 Å². The van der Waals surface area contributed by atoms with E-state index in [1.165, 1.54) is 0 Å². The summed E-state index contributed by atoms with van der Waals surface area (Å²) in [6.07, 6.45) is 0.633. The molecular formula is C12H12O4. The van der Waals surface area contributed by atoms with Gasteiger partial charge in [0, 0.05) is 6.08 Å². The Hall–Kier alpha value is -2.10. The molecule has 4 nitrogen and oxygen atoms in total. The molecule has 0 fully saturated rings. The first-order chi connectivity index (χ1) is 7.49. The van der Waals surface area contributed by atoms with E-state index in [2.05, 4.69) is 0 Å². The normalized spacial score (nSPS) is 11.2. The van der Waals surface area contributed by atoms with Gasteiger partial charge in [0.25, 0.3) is 0 Å². The predicted molar refractivity (Wildman–Crippen MR) is 59.0 cm³/mol. The average molecular weight is 220 g/mol. The van der Waals surface area contributed by atoms with Crippen molar-refractivity contribution >= 4 is 17.5 Å². The lowest BCUT2D eigenvalue weighted by molar-refractivity contribution is -0.135. The highest BCUT2D eigenvalue weighted by molar-refractivity contribution is 5.94. The summed E-state index contributed by atoms with van der Waals surface area (Å²) in [4.78, 5) is 21.2. The topological polar surface area (TPSA) is 74.6 Å². The van der Waals surface area contributed by atoms with Gasteiger partial charge in [0.15, 0.2) is 0 Å². The van der Waals surface area contributed by atoms with E-state index in [1.807, 2.05) is 19.1 Å². The molecule has 1 aromatic carbocycles. The lowest BCUT2D eigenvalue weighted by atomic mass is 10.0. The minimum absolute atomic E-state index is 0.292. The number of hydrogen-bond acceptors (Lipinski definition) is 2. The summed E-state index contributed by atoms with van der Waals surface area (Å²) in [6.45, 7) is 1.90. The maximum absolute atomic E-state index is 10.6. The molecule has 0 aliphatic rings. The van der Waals surface area contributed by atoms with Crippen molar-refractivity contribution in [2.45, 2.75) is 13.3 Å². The predicted octanol–water partition coefficient (Wildman–Crippen LogP) is 1.94. The first-order valence-corrected chi connectivity index (χ1v) is 4.71. The van der Waals surface area contributed by atoms with Crippen LogP contribution in [0.2, 0.25) is 0 Å². The van der Waals surface area contributed by atoms with Crippen molar-refractivity contribution in [1.29, 1.82) is 0 Å². The number of rotatable bonds is 4.